The number of methoxy groups -OCH3 is 1. The molecule has 0 radical (unpaired) electrons. The number of rotatable bonds is 4. The minimum atomic E-state index is -0.248. The van der Waals surface area contributed by atoms with Gasteiger partial charge in [0.2, 0.25) is 0 Å². The van der Waals surface area contributed by atoms with Crippen LogP contribution in [0.5, 0.6) is 5.75 Å². The van der Waals surface area contributed by atoms with Crippen molar-refractivity contribution in [1.29, 1.82) is 0 Å². The Morgan fingerprint density at radius 3 is 2.89 bits per heavy atom. The van der Waals surface area contributed by atoms with Crippen molar-refractivity contribution >= 4 is 22.5 Å². The fraction of sp³-hybridized carbons (Fsp3) is 0.267. The van der Waals surface area contributed by atoms with Crippen molar-refractivity contribution in [3.8, 4) is 18.1 Å². The summed E-state index contributed by atoms with van der Waals surface area (Å²) in [6, 6.07) is 7.61. The van der Waals surface area contributed by atoms with Crippen molar-refractivity contribution in [2.24, 2.45) is 0 Å². The largest absolute Gasteiger partial charge is 0.497 e. The first kappa shape index (κ1) is 13.7. The summed E-state index contributed by atoms with van der Waals surface area (Å²) in [5.41, 5.74) is 1.61. The number of pyridine rings is 1. The second-order valence-corrected chi connectivity index (χ2v) is 4.47. The Bertz CT molecular complexity index is 634. The molecular weight excluding hydrogens is 262 g/mol. The van der Waals surface area contributed by atoms with Crippen molar-refractivity contribution in [3.05, 3.63) is 35.0 Å². The van der Waals surface area contributed by atoms with Gasteiger partial charge in [-0.1, -0.05) is 17.5 Å². The van der Waals surface area contributed by atoms with E-state index in [1.807, 2.05) is 31.2 Å². The summed E-state index contributed by atoms with van der Waals surface area (Å²) in [5.74, 6) is 3.26. The van der Waals surface area contributed by atoms with E-state index in [2.05, 4.69) is 10.9 Å². The van der Waals surface area contributed by atoms with Crippen LogP contribution >= 0.6 is 11.6 Å². The lowest BCUT2D eigenvalue weighted by Crippen LogP contribution is -2.05. The molecule has 0 amide bonds. The molecule has 0 aliphatic carbocycles. The van der Waals surface area contributed by atoms with E-state index in [9.17, 15) is 0 Å². The van der Waals surface area contributed by atoms with Crippen LogP contribution in [0.4, 0.5) is 0 Å². The fourth-order valence-corrected chi connectivity index (χ4v) is 1.86. The summed E-state index contributed by atoms with van der Waals surface area (Å²) in [4.78, 5) is 4.34. The molecule has 3 nitrogen and oxygen atoms in total. The van der Waals surface area contributed by atoms with Crippen molar-refractivity contribution in [3.63, 3.8) is 0 Å². The van der Waals surface area contributed by atoms with E-state index >= 15 is 0 Å². The summed E-state index contributed by atoms with van der Waals surface area (Å²) in [6.07, 6.45) is 5.01. The number of halogens is 1. The van der Waals surface area contributed by atoms with E-state index in [1.165, 1.54) is 0 Å². The average molecular weight is 276 g/mol. The van der Waals surface area contributed by atoms with Gasteiger partial charge in [0, 0.05) is 17.0 Å². The monoisotopic (exact) mass is 275 g/mol. The molecular formula is C15H14ClNO2. The van der Waals surface area contributed by atoms with Crippen molar-refractivity contribution < 1.29 is 9.47 Å². The lowest BCUT2D eigenvalue weighted by Gasteiger charge is -2.09. The molecule has 1 heterocycles. The molecule has 1 atom stereocenters. The zero-order valence-electron chi connectivity index (χ0n) is 10.8. The second-order valence-electron chi connectivity index (χ2n) is 4.12. The highest BCUT2D eigenvalue weighted by Gasteiger charge is 2.07. The van der Waals surface area contributed by atoms with Crippen LogP contribution in [0.1, 0.15) is 12.5 Å². The molecule has 1 aromatic heterocycles. The van der Waals surface area contributed by atoms with Gasteiger partial charge in [0.1, 0.15) is 17.0 Å². The summed E-state index contributed by atoms with van der Waals surface area (Å²) in [7, 11) is 1.62. The Morgan fingerprint density at radius 2 is 2.21 bits per heavy atom. The van der Waals surface area contributed by atoms with Gasteiger partial charge in [-0.05, 0) is 25.1 Å². The maximum Gasteiger partial charge on any atom is 0.135 e. The minimum Gasteiger partial charge on any atom is -0.497 e. The highest BCUT2D eigenvalue weighted by molar-refractivity contribution is 6.30. The Balaban J connectivity index is 2.31. The Morgan fingerprint density at radius 1 is 1.42 bits per heavy atom. The van der Waals surface area contributed by atoms with Gasteiger partial charge in [0.05, 0.1) is 19.2 Å². The molecule has 0 aliphatic heterocycles. The SMILES string of the molecule is C#CC(C)OCc1cc2ccc(OC)cc2nc1Cl. The highest BCUT2D eigenvalue weighted by atomic mass is 35.5. The van der Waals surface area contributed by atoms with Gasteiger partial charge in [-0.25, -0.2) is 4.98 Å². The second kappa shape index (κ2) is 5.92. The quantitative estimate of drug-likeness (QED) is 0.633. The fourth-order valence-electron chi connectivity index (χ4n) is 1.66. The number of ether oxygens (including phenoxy) is 2. The van der Waals surface area contributed by atoms with Crippen LogP contribution in [-0.4, -0.2) is 18.2 Å². The van der Waals surface area contributed by atoms with Crippen LogP contribution in [0, 0.1) is 12.3 Å². The van der Waals surface area contributed by atoms with E-state index in [0.717, 1.165) is 22.2 Å². The van der Waals surface area contributed by atoms with Crippen LogP contribution in [0.3, 0.4) is 0 Å². The number of fused-ring (bicyclic) bond motifs is 1. The maximum atomic E-state index is 6.14. The first-order valence-electron chi connectivity index (χ1n) is 5.85. The third-order valence-corrected chi connectivity index (χ3v) is 3.10. The molecule has 1 unspecified atom stereocenters. The molecule has 0 saturated carbocycles. The van der Waals surface area contributed by atoms with Crippen LogP contribution in [0.25, 0.3) is 10.9 Å². The smallest absolute Gasteiger partial charge is 0.135 e. The number of hydrogen-bond donors (Lipinski definition) is 0. The normalized spacial score (nSPS) is 12.1. The van der Waals surface area contributed by atoms with Crippen molar-refractivity contribution in [1.82, 2.24) is 4.98 Å². The first-order chi connectivity index (χ1) is 9.13. The zero-order valence-corrected chi connectivity index (χ0v) is 11.6. The molecule has 0 N–H and O–H groups in total. The van der Waals surface area contributed by atoms with Gasteiger partial charge < -0.3 is 9.47 Å². The molecule has 0 bridgehead atoms. The van der Waals surface area contributed by atoms with Gasteiger partial charge in [-0.15, -0.1) is 6.42 Å². The molecule has 0 fully saturated rings. The van der Waals surface area contributed by atoms with Crippen LogP contribution in [-0.2, 0) is 11.3 Å². The highest BCUT2D eigenvalue weighted by Crippen LogP contribution is 2.24. The van der Waals surface area contributed by atoms with Gasteiger partial charge in [-0.3, -0.25) is 0 Å². The number of terminal acetylenes is 1. The van der Waals surface area contributed by atoms with Crippen LogP contribution < -0.4 is 4.74 Å². The molecule has 98 valence electrons. The summed E-state index contributed by atoms with van der Waals surface area (Å²) in [5, 5.41) is 1.40. The van der Waals surface area contributed by atoms with Crippen molar-refractivity contribution in [2.45, 2.75) is 19.6 Å². The van der Waals surface area contributed by atoms with E-state index in [-0.39, 0.29) is 6.10 Å². The molecule has 0 aliphatic rings. The molecule has 0 saturated heterocycles. The zero-order chi connectivity index (χ0) is 13.8. The van der Waals surface area contributed by atoms with Crippen molar-refractivity contribution in [2.75, 3.05) is 7.11 Å². The number of hydrogen-bond acceptors (Lipinski definition) is 3. The Labute approximate surface area is 117 Å². The molecule has 2 aromatic rings. The lowest BCUT2D eigenvalue weighted by atomic mass is 10.1. The molecule has 1 aromatic carbocycles. The van der Waals surface area contributed by atoms with Gasteiger partial charge in [-0.2, -0.15) is 0 Å². The first-order valence-corrected chi connectivity index (χ1v) is 6.22. The summed E-state index contributed by atoms with van der Waals surface area (Å²) in [6.45, 7) is 2.16. The lowest BCUT2D eigenvalue weighted by molar-refractivity contribution is 0.0901. The average Bonchev–Trinajstić information content (AvgIpc) is 2.44. The van der Waals surface area contributed by atoms with Crippen LogP contribution in [0.15, 0.2) is 24.3 Å². The molecule has 19 heavy (non-hydrogen) atoms. The number of nitrogens with zero attached hydrogens (tertiary/aromatic N) is 1. The summed E-state index contributed by atoms with van der Waals surface area (Å²) < 4.78 is 10.6. The Kier molecular flexibility index (Phi) is 4.26. The van der Waals surface area contributed by atoms with Gasteiger partial charge in [0.15, 0.2) is 0 Å². The summed E-state index contributed by atoms with van der Waals surface area (Å²) >= 11 is 6.14. The van der Waals surface area contributed by atoms with Gasteiger partial charge >= 0.3 is 0 Å². The van der Waals surface area contributed by atoms with E-state index in [0.29, 0.717) is 11.8 Å². The van der Waals surface area contributed by atoms with Gasteiger partial charge in [0.25, 0.3) is 0 Å². The molecule has 0 spiro atoms. The molecule has 4 heteroatoms. The van der Waals surface area contributed by atoms with E-state index in [1.54, 1.807) is 7.11 Å². The standard InChI is InChI=1S/C15H14ClNO2/c1-4-10(2)19-9-12-7-11-5-6-13(18-3)8-14(11)17-15(12)16/h1,5-8,10H,9H2,2-3H3. The molecule has 2 rings (SSSR count). The Hall–Kier alpha value is -1.76. The van der Waals surface area contributed by atoms with Crippen LogP contribution in [0.2, 0.25) is 5.15 Å². The third kappa shape index (κ3) is 3.17. The maximum absolute atomic E-state index is 6.14. The minimum absolute atomic E-state index is 0.248. The van der Waals surface area contributed by atoms with E-state index < -0.39 is 0 Å². The predicted molar refractivity (Wildman–Crippen MR) is 76.4 cm³/mol. The number of aromatic nitrogens is 1. The topological polar surface area (TPSA) is 31.4 Å². The third-order valence-electron chi connectivity index (χ3n) is 2.77. The number of benzene rings is 1. The van der Waals surface area contributed by atoms with E-state index in [4.69, 9.17) is 27.5 Å². The predicted octanol–water partition coefficient (Wildman–Crippen LogP) is 3.44.